The third kappa shape index (κ3) is 7.93. The molecule has 266 valence electrons. The number of nitrogens with one attached hydrogen (secondary N) is 1. The van der Waals surface area contributed by atoms with Crippen LogP contribution < -0.4 is 14.8 Å². The zero-order valence-corrected chi connectivity index (χ0v) is 28.4. The molecular weight excluding hydrogens is 700 g/mol. The number of amides is 4. The van der Waals surface area contributed by atoms with E-state index in [9.17, 15) is 42.0 Å². The fourth-order valence-electron chi connectivity index (χ4n) is 5.79. The van der Waals surface area contributed by atoms with Crippen LogP contribution in [0.1, 0.15) is 63.2 Å². The molecule has 3 aliphatic rings. The van der Waals surface area contributed by atoms with Crippen molar-refractivity contribution in [3.63, 3.8) is 0 Å². The number of sulfone groups is 1. The molecule has 17 heteroatoms. The molecule has 15 nitrogen and oxygen atoms in total. The number of hydrogen-bond acceptors (Lipinski definition) is 13. The first-order valence-corrected chi connectivity index (χ1v) is 18.0. The van der Waals surface area contributed by atoms with Gasteiger partial charge in [-0.25, -0.2) is 8.42 Å². The summed E-state index contributed by atoms with van der Waals surface area (Å²) in [4.78, 5) is 87.8. The molecule has 0 bridgehead atoms. The maximum atomic E-state index is 13.1. The number of imide groups is 2. The minimum absolute atomic E-state index is 0.00508. The van der Waals surface area contributed by atoms with Gasteiger partial charge < -0.3 is 18.9 Å². The highest BCUT2D eigenvalue weighted by Gasteiger charge is 2.45. The fourth-order valence-corrected chi connectivity index (χ4v) is 6.97. The Kier molecular flexibility index (Phi) is 11.5. The van der Waals surface area contributed by atoms with Gasteiger partial charge in [-0.2, -0.15) is 0 Å². The molecule has 1 N–H and O–H groups in total. The van der Waals surface area contributed by atoms with E-state index >= 15 is 0 Å². The number of rotatable bonds is 15. The molecule has 2 heterocycles. The molecule has 1 atom stereocenters. The van der Waals surface area contributed by atoms with Crippen LogP contribution in [-0.2, 0) is 38.5 Å². The summed E-state index contributed by atoms with van der Waals surface area (Å²) in [6, 6.07) is 5.61. The molecule has 1 aliphatic carbocycles. The van der Waals surface area contributed by atoms with E-state index < -0.39 is 62.8 Å². The zero-order chi connectivity index (χ0) is 36.2. The highest BCUT2D eigenvalue weighted by molar-refractivity contribution is 7.90. The molecule has 5 rings (SSSR count). The van der Waals surface area contributed by atoms with Crippen molar-refractivity contribution in [1.82, 2.24) is 10.2 Å². The van der Waals surface area contributed by atoms with E-state index in [-0.39, 0.29) is 97.7 Å². The first kappa shape index (κ1) is 36.8. The summed E-state index contributed by atoms with van der Waals surface area (Å²) in [6.07, 6.45) is 1.57. The number of benzene rings is 2. The van der Waals surface area contributed by atoms with Gasteiger partial charge in [0.15, 0.2) is 32.9 Å². The molecule has 4 amide bonds. The summed E-state index contributed by atoms with van der Waals surface area (Å²) < 4.78 is 46.9. The smallest absolute Gasteiger partial charge is 0.262 e. The number of carbonyl (C=O) groups excluding carboxylic acids is 7. The molecule has 2 aromatic carbocycles. The monoisotopic (exact) mass is 732 g/mol. The maximum absolute atomic E-state index is 13.1. The Morgan fingerprint density at radius 1 is 0.840 bits per heavy atom. The van der Waals surface area contributed by atoms with Gasteiger partial charge in [0.25, 0.3) is 11.8 Å². The first-order valence-electron chi connectivity index (χ1n) is 15.7. The van der Waals surface area contributed by atoms with Gasteiger partial charge in [0.1, 0.15) is 35.8 Å². The van der Waals surface area contributed by atoms with Gasteiger partial charge in [0.2, 0.25) is 11.8 Å². The lowest BCUT2D eigenvalue weighted by molar-refractivity contribution is -0.137. The average molecular weight is 733 g/mol. The van der Waals surface area contributed by atoms with Gasteiger partial charge in [-0.1, -0.05) is 11.6 Å². The topological polar surface area (TPSA) is 206 Å². The zero-order valence-electron chi connectivity index (χ0n) is 26.9. The molecule has 1 saturated heterocycles. The summed E-state index contributed by atoms with van der Waals surface area (Å²) >= 11 is 6.41. The lowest BCUT2D eigenvalue weighted by Gasteiger charge is -2.27. The van der Waals surface area contributed by atoms with E-state index in [0.29, 0.717) is 12.2 Å². The number of nitrogens with zero attached hydrogens (tertiary/aromatic N) is 1. The van der Waals surface area contributed by atoms with Gasteiger partial charge in [0, 0.05) is 31.1 Å². The molecule has 2 fully saturated rings. The molecule has 2 aromatic rings. The Morgan fingerprint density at radius 2 is 1.46 bits per heavy atom. The van der Waals surface area contributed by atoms with Gasteiger partial charge in [-0.3, -0.25) is 43.8 Å². The van der Waals surface area contributed by atoms with Crippen LogP contribution in [0.25, 0.3) is 0 Å². The van der Waals surface area contributed by atoms with E-state index in [0.717, 1.165) is 17.2 Å². The number of carbonyl (C=O) groups is 7. The van der Waals surface area contributed by atoms with Crippen molar-refractivity contribution in [2.24, 2.45) is 5.92 Å². The number of halogens is 1. The number of hydrogen-bond donors (Lipinski definition) is 1. The van der Waals surface area contributed by atoms with Crippen LogP contribution in [0.3, 0.4) is 0 Å². The Balaban J connectivity index is 1.05. The molecule has 1 unspecified atom stereocenters. The van der Waals surface area contributed by atoms with Crippen LogP contribution in [0.15, 0.2) is 35.2 Å². The fraction of sp³-hybridized carbons (Fsp3) is 0.424. The second kappa shape index (κ2) is 15.6. The SMILES string of the molecule is CS(=O)(=O)c1ccc(C(=O)C2C(=O)CCCC2=O)c(Cl)c1OCCOCCOCCOc1ccc2c(c1)C(=O)N(C1CCC(=O)NC1=O)C2=O. The summed E-state index contributed by atoms with van der Waals surface area (Å²) in [5.41, 5.74) is 0.0349. The van der Waals surface area contributed by atoms with E-state index in [1.807, 2.05) is 0 Å². The van der Waals surface area contributed by atoms with Gasteiger partial charge in [-0.15, -0.1) is 0 Å². The predicted octanol–water partition coefficient (Wildman–Crippen LogP) is 1.76. The second-order valence-electron chi connectivity index (χ2n) is 11.7. The Bertz CT molecular complexity index is 1860. The first-order chi connectivity index (χ1) is 23.8. The third-order valence-corrected chi connectivity index (χ3v) is 9.73. The summed E-state index contributed by atoms with van der Waals surface area (Å²) in [7, 11) is -3.83. The molecule has 50 heavy (non-hydrogen) atoms. The Hall–Kier alpha value is -4.51. The highest BCUT2D eigenvalue weighted by atomic mass is 35.5. The van der Waals surface area contributed by atoms with E-state index in [1.165, 1.54) is 24.3 Å². The molecule has 0 aromatic heterocycles. The predicted molar refractivity (Wildman–Crippen MR) is 172 cm³/mol. The van der Waals surface area contributed by atoms with Crippen LogP contribution in [0.2, 0.25) is 5.02 Å². The number of ketones is 3. The van der Waals surface area contributed by atoms with Crippen molar-refractivity contribution >= 4 is 62.4 Å². The minimum atomic E-state index is -3.83. The maximum Gasteiger partial charge on any atom is 0.262 e. The van der Waals surface area contributed by atoms with Gasteiger partial charge in [-0.05, 0) is 43.2 Å². The Labute approximate surface area is 291 Å². The minimum Gasteiger partial charge on any atom is -0.491 e. The number of ether oxygens (including phenoxy) is 4. The van der Waals surface area contributed by atoms with Crippen LogP contribution >= 0.6 is 11.6 Å². The quantitative estimate of drug-likeness (QED) is 0.120. The van der Waals surface area contributed by atoms with Crippen LogP contribution in [0.5, 0.6) is 11.5 Å². The third-order valence-electron chi connectivity index (χ3n) is 8.23. The van der Waals surface area contributed by atoms with E-state index in [2.05, 4.69) is 5.32 Å². The van der Waals surface area contributed by atoms with Gasteiger partial charge >= 0.3 is 0 Å². The van der Waals surface area contributed by atoms with Crippen LogP contribution in [-0.4, -0.2) is 106 Å². The molecular formula is C33H33ClN2O13S. The van der Waals surface area contributed by atoms with Crippen molar-refractivity contribution in [2.45, 2.75) is 43.0 Å². The standard InChI is InChI=1S/C33H33ClN2O13S/c1-50(44,45)25-9-7-20(29(40)27-23(37)3-2-4-24(27)38)28(34)30(25)49-16-14-47-12-11-46-13-15-48-18-5-6-19-21(17-18)33(43)36(32(19)42)22-8-10-26(39)35-31(22)41/h5-7,9,17,22,27H,2-4,8,10-16H2,1H3,(H,35,39,41). The largest absolute Gasteiger partial charge is 0.491 e. The van der Waals surface area contributed by atoms with Crippen molar-refractivity contribution in [3.05, 3.63) is 52.0 Å². The lowest BCUT2D eigenvalue weighted by atomic mass is 9.81. The van der Waals surface area contributed by atoms with E-state index in [1.54, 1.807) is 0 Å². The van der Waals surface area contributed by atoms with Crippen LogP contribution in [0.4, 0.5) is 0 Å². The molecule has 0 spiro atoms. The number of piperidine rings is 1. The van der Waals surface area contributed by atoms with E-state index in [4.69, 9.17) is 30.5 Å². The number of fused-ring (bicyclic) bond motifs is 1. The summed E-state index contributed by atoms with van der Waals surface area (Å²) in [5, 5.41) is 1.83. The molecule has 2 aliphatic heterocycles. The molecule has 0 radical (unpaired) electrons. The van der Waals surface area contributed by atoms with Crippen molar-refractivity contribution < 1.29 is 60.9 Å². The summed E-state index contributed by atoms with van der Waals surface area (Å²) in [5.74, 6) is -5.68. The van der Waals surface area contributed by atoms with Crippen molar-refractivity contribution in [1.29, 1.82) is 0 Å². The second-order valence-corrected chi connectivity index (χ2v) is 14.0. The van der Waals surface area contributed by atoms with Crippen molar-refractivity contribution in [3.8, 4) is 11.5 Å². The Morgan fingerprint density at radius 3 is 2.10 bits per heavy atom. The summed E-state index contributed by atoms with van der Waals surface area (Å²) in [6.45, 7) is 0.378. The van der Waals surface area contributed by atoms with Crippen LogP contribution in [0, 0.1) is 5.92 Å². The van der Waals surface area contributed by atoms with Gasteiger partial charge in [0.05, 0.1) is 42.6 Å². The van der Waals surface area contributed by atoms with Crippen molar-refractivity contribution in [2.75, 3.05) is 45.9 Å². The normalized spacial score (nSPS) is 18.4. The lowest BCUT2D eigenvalue weighted by Crippen LogP contribution is -2.54. The number of Topliss-reactive ketones (excluding diaryl/α,β-unsaturated/α-hetero) is 3. The molecule has 1 saturated carbocycles. The average Bonchev–Trinajstić information content (AvgIpc) is 3.30. The highest BCUT2D eigenvalue weighted by Crippen LogP contribution is 2.37.